The van der Waals surface area contributed by atoms with Crippen molar-refractivity contribution in [2.75, 3.05) is 13.2 Å². The average molecular weight is 473 g/mol. The second-order valence-corrected chi connectivity index (χ2v) is 11.2. The van der Waals surface area contributed by atoms with Crippen LogP contribution in [-0.2, 0) is 9.47 Å². The molecule has 0 aromatic heterocycles. The number of aryl methyl sites for hydroxylation is 1. The van der Waals surface area contributed by atoms with Crippen LogP contribution in [0.5, 0.6) is 11.5 Å². The van der Waals surface area contributed by atoms with Crippen molar-refractivity contribution in [3.05, 3.63) is 60.2 Å². The van der Waals surface area contributed by atoms with E-state index in [4.69, 9.17) is 18.9 Å². The van der Waals surface area contributed by atoms with Crippen molar-refractivity contribution in [2.45, 2.75) is 105 Å². The Balaban J connectivity index is 0.000000340. The van der Waals surface area contributed by atoms with Gasteiger partial charge in [0.25, 0.3) is 0 Å². The molecule has 0 N–H and O–H groups in total. The number of hydrogen-bond acceptors (Lipinski definition) is 4. The molecule has 0 heterocycles. The monoisotopic (exact) mass is 472 g/mol. The summed E-state index contributed by atoms with van der Waals surface area (Å²) < 4.78 is 23.2. The minimum absolute atomic E-state index is 0.0805. The first-order valence-corrected chi connectivity index (χ1v) is 12.4. The first-order chi connectivity index (χ1) is 15.7. The Bertz CT molecular complexity index is 785. The number of rotatable bonds is 11. The van der Waals surface area contributed by atoms with Crippen LogP contribution in [0.3, 0.4) is 0 Å². The van der Waals surface area contributed by atoms with Crippen LogP contribution < -0.4 is 9.47 Å². The highest BCUT2D eigenvalue weighted by Gasteiger charge is 2.21. The van der Waals surface area contributed by atoms with Gasteiger partial charge >= 0.3 is 0 Å². The van der Waals surface area contributed by atoms with E-state index < -0.39 is 0 Å². The molecule has 2 rings (SSSR count). The van der Waals surface area contributed by atoms with Gasteiger partial charge in [0, 0.05) is 12.8 Å². The highest BCUT2D eigenvalue weighted by Crippen LogP contribution is 2.22. The zero-order chi connectivity index (χ0) is 25.8. The standard InChI is InChI=1S/2C15H24O2/c1-12(2)16-11-10-15(4,5)17-14-8-6-13(3)7-9-14;1-14(2,3)16-12-11-15(4,5)17-13-9-7-6-8-10-13/h6-9,12H,10-11H2,1-5H3;6-10H,11-12H2,1-5H3. The van der Waals surface area contributed by atoms with Gasteiger partial charge in [-0.2, -0.15) is 0 Å². The molecule has 2 aromatic carbocycles. The fourth-order valence-corrected chi connectivity index (χ4v) is 2.98. The predicted molar refractivity (Wildman–Crippen MR) is 143 cm³/mol. The lowest BCUT2D eigenvalue weighted by Gasteiger charge is -2.28. The van der Waals surface area contributed by atoms with Gasteiger partial charge in [0.1, 0.15) is 22.7 Å². The minimum Gasteiger partial charge on any atom is -0.488 e. The van der Waals surface area contributed by atoms with Gasteiger partial charge in [-0.3, -0.25) is 0 Å². The Hall–Kier alpha value is -2.04. The molecular formula is C30H48O4. The molecule has 0 unspecified atom stereocenters. The molecule has 4 nitrogen and oxygen atoms in total. The quantitative estimate of drug-likeness (QED) is 0.332. The van der Waals surface area contributed by atoms with Gasteiger partial charge in [-0.1, -0.05) is 35.9 Å². The molecular weight excluding hydrogens is 424 g/mol. The van der Waals surface area contributed by atoms with Crippen LogP contribution in [0, 0.1) is 6.92 Å². The summed E-state index contributed by atoms with van der Waals surface area (Å²) in [5.41, 5.74) is 0.776. The van der Waals surface area contributed by atoms with E-state index in [0.717, 1.165) is 30.9 Å². The smallest absolute Gasteiger partial charge is 0.120 e. The molecule has 0 saturated carbocycles. The van der Waals surface area contributed by atoms with Gasteiger partial charge in [0.2, 0.25) is 0 Å². The summed E-state index contributed by atoms with van der Waals surface area (Å²) in [6, 6.07) is 18.1. The van der Waals surface area contributed by atoms with Gasteiger partial charge in [-0.15, -0.1) is 0 Å². The Morgan fingerprint density at radius 3 is 1.59 bits per heavy atom. The third-order valence-electron chi connectivity index (χ3n) is 4.95. The molecule has 4 heteroatoms. The SMILES string of the molecule is CC(C)(C)OCCC(C)(C)Oc1ccccc1.Cc1ccc(OC(C)(C)CCOC(C)C)cc1. The number of para-hydroxylation sites is 1. The Labute approximate surface area is 209 Å². The van der Waals surface area contributed by atoms with Crippen molar-refractivity contribution in [1.29, 1.82) is 0 Å². The maximum Gasteiger partial charge on any atom is 0.120 e. The van der Waals surface area contributed by atoms with Crippen LogP contribution in [0.4, 0.5) is 0 Å². The third-order valence-corrected chi connectivity index (χ3v) is 4.95. The summed E-state index contributed by atoms with van der Waals surface area (Å²) in [4.78, 5) is 0. The molecule has 0 atom stereocenters. The van der Waals surface area contributed by atoms with Crippen LogP contribution >= 0.6 is 0 Å². The fourth-order valence-electron chi connectivity index (χ4n) is 2.98. The molecule has 0 aliphatic rings. The largest absolute Gasteiger partial charge is 0.488 e. The number of hydrogen-bond donors (Lipinski definition) is 0. The lowest BCUT2D eigenvalue weighted by Crippen LogP contribution is -2.31. The summed E-state index contributed by atoms with van der Waals surface area (Å²) in [5, 5.41) is 0. The van der Waals surface area contributed by atoms with Gasteiger partial charge in [-0.05, 0) is 93.5 Å². The van der Waals surface area contributed by atoms with Crippen molar-refractivity contribution in [3.8, 4) is 11.5 Å². The number of benzene rings is 2. The van der Waals surface area contributed by atoms with Crippen molar-refractivity contribution in [1.82, 2.24) is 0 Å². The molecule has 0 aliphatic carbocycles. The molecule has 0 spiro atoms. The second kappa shape index (κ2) is 13.7. The molecule has 34 heavy (non-hydrogen) atoms. The average Bonchev–Trinajstić information content (AvgIpc) is 2.69. The van der Waals surface area contributed by atoms with Crippen molar-refractivity contribution >= 4 is 0 Å². The zero-order valence-corrected chi connectivity index (χ0v) is 23.2. The normalized spacial score (nSPS) is 12.2. The summed E-state index contributed by atoms with van der Waals surface area (Å²) in [5.74, 6) is 1.83. The molecule has 0 bridgehead atoms. The van der Waals surface area contributed by atoms with E-state index in [1.54, 1.807) is 0 Å². The number of ether oxygens (including phenoxy) is 4. The first-order valence-electron chi connectivity index (χ1n) is 12.4. The molecule has 2 aromatic rings. The predicted octanol–water partition coefficient (Wildman–Crippen LogP) is 8.02. The van der Waals surface area contributed by atoms with Crippen molar-refractivity contribution in [2.24, 2.45) is 0 Å². The maximum atomic E-state index is 5.96. The van der Waals surface area contributed by atoms with E-state index in [2.05, 4.69) is 67.5 Å². The second-order valence-electron chi connectivity index (χ2n) is 11.2. The van der Waals surface area contributed by atoms with Crippen LogP contribution in [0.15, 0.2) is 54.6 Å². The van der Waals surface area contributed by atoms with Crippen LogP contribution in [-0.4, -0.2) is 36.1 Å². The molecule has 0 fully saturated rings. The summed E-state index contributed by atoms with van der Waals surface area (Å²) >= 11 is 0. The Kier molecular flexibility index (Phi) is 12.1. The van der Waals surface area contributed by atoms with Crippen molar-refractivity contribution < 1.29 is 18.9 Å². The molecule has 0 radical (unpaired) electrons. The van der Waals surface area contributed by atoms with E-state index in [9.17, 15) is 0 Å². The lowest BCUT2D eigenvalue weighted by atomic mass is 10.1. The molecule has 0 aliphatic heterocycles. The van der Waals surface area contributed by atoms with E-state index in [-0.39, 0.29) is 22.9 Å². The third kappa shape index (κ3) is 15.0. The highest BCUT2D eigenvalue weighted by molar-refractivity contribution is 5.26. The zero-order valence-electron chi connectivity index (χ0n) is 23.2. The first kappa shape index (κ1) is 30.0. The van der Waals surface area contributed by atoms with Gasteiger partial charge in [-0.25, -0.2) is 0 Å². The lowest BCUT2D eigenvalue weighted by molar-refractivity contribution is -0.0292. The van der Waals surface area contributed by atoms with E-state index >= 15 is 0 Å². The molecule has 0 saturated heterocycles. The summed E-state index contributed by atoms with van der Waals surface area (Å²) in [6.07, 6.45) is 2.04. The fraction of sp³-hybridized carbons (Fsp3) is 0.600. The van der Waals surface area contributed by atoms with E-state index in [1.165, 1.54) is 5.56 Å². The van der Waals surface area contributed by atoms with Crippen LogP contribution in [0.2, 0.25) is 0 Å². The maximum absolute atomic E-state index is 5.96. The highest BCUT2D eigenvalue weighted by atomic mass is 16.5. The topological polar surface area (TPSA) is 36.9 Å². The van der Waals surface area contributed by atoms with Gasteiger partial charge in [0.05, 0.1) is 24.9 Å². The van der Waals surface area contributed by atoms with E-state index in [0.29, 0.717) is 6.61 Å². The van der Waals surface area contributed by atoms with Gasteiger partial charge < -0.3 is 18.9 Å². The summed E-state index contributed by atoms with van der Waals surface area (Å²) in [6.45, 7) is 22.2. The Morgan fingerprint density at radius 1 is 0.647 bits per heavy atom. The summed E-state index contributed by atoms with van der Waals surface area (Å²) in [7, 11) is 0. The molecule has 192 valence electrons. The minimum atomic E-state index is -0.202. The van der Waals surface area contributed by atoms with Gasteiger partial charge in [0.15, 0.2) is 0 Å². The van der Waals surface area contributed by atoms with Crippen LogP contribution in [0.1, 0.15) is 80.7 Å². The Morgan fingerprint density at radius 2 is 1.12 bits per heavy atom. The van der Waals surface area contributed by atoms with E-state index in [1.807, 2.05) is 56.3 Å². The molecule has 0 amide bonds. The van der Waals surface area contributed by atoms with Crippen molar-refractivity contribution in [3.63, 3.8) is 0 Å². The van der Waals surface area contributed by atoms with Crippen LogP contribution in [0.25, 0.3) is 0 Å².